The molecular formula is C13H20ClNO. The van der Waals surface area contributed by atoms with Crippen molar-refractivity contribution in [2.24, 2.45) is 11.1 Å². The van der Waals surface area contributed by atoms with E-state index >= 15 is 0 Å². The molecule has 1 aromatic carbocycles. The van der Waals surface area contributed by atoms with Crippen molar-refractivity contribution in [2.75, 3.05) is 7.11 Å². The number of hydrogen-bond acceptors (Lipinski definition) is 2. The van der Waals surface area contributed by atoms with Crippen LogP contribution in [0.4, 0.5) is 0 Å². The molecule has 0 saturated carbocycles. The molecule has 0 spiro atoms. The number of halogens is 1. The number of hydrogen-bond donors (Lipinski definition) is 1. The maximum atomic E-state index is 6.22. The van der Waals surface area contributed by atoms with Crippen LogP contribution >= 0.6 is 11.6 Å². The molecule has 3 heteroatoms. The molecule has 0 amide bonds. The summed E-state index contributed by atoms with van der Waals surface area (Å²) in [5.41, 5.74) is 7.23. The Morgan fingerprint density at radius 2 is 1.94 bits per heavy atom. The van der Waals surface area contributed by atoms with Crippen molar-refractivity contribution in [3.05, 3.63) is 34.9 Å². The highest BCUT2D eigenvalue weighted by atomic mass is 35.5. The van der Waals surface area contributed by atoms with Gasteiger partial charge >= 0.3 is 0 Å². The monoisotopic (exact) mass is 241 g/mol. The van der Waals surface area contributed by atoms with Gasteiger partial charge in [-0.2, -0.15) is 0 Å². The lowest BCUT2D eigenvalue weighted by Gasteiger charge is -2.34. The Balaban J connectivity index is 2.96. The third kappa shape index (κ3) is 3.21. The molecule has 0 fully saturated rings. The van der Waals surface area contributed by atoms with Crippen LogP contribution < -0.4 is 5.73 Å². The Hall–Kier alpha value is -0.570. The van der Waals surface area contributed by atoms with Gasteiger partial charge in [0.05, 0.1) is 12.1 Å². The van der Waals surface area contributed by atoms with Crippen LogP contribution in [-0.4, -0.2) is 13.2 Å². The van der Waals surface area contributed by atoms with Crippen LogP contribution in [0.1, 0.15) is 32.4 Å². The van der Waals surface area contributed by atoms with Gasteiger partial charge in [0.15, 0.2) is 0 Å². The van der Waals surface area contributed by atoms with Crippen LogP contribution in [0.25, 0.3) is 0 Å². The van der Waals surface area contributed by atoms with E-state index < -0.39 is 0 Å². The smallest absolute Gasteiger partial charge is 0.0811 e. The molecule has 90 valence electrons. The molecule has 0 aliphatic rings. The maximum absolute atomic E-state index is 6.22. The molecular weight excluding hydrogens is 222 g/mol. The highest BCUT2D eigenvalue weighted by molar-refractivity contribution is 6.30. The summed E-state index contributed by atoms with van der Waals surface area (Å²) in [4.78, 5) is 0. The van der Waals surface area contributed by atoms with E-state index in [1.807, 2.05) is 24.3 Å². The molecule has 2 atom stereocenters. The molecule has 0 heterocycles. The first-order chi connectivity index (χ1) is 7.36. The first-order valence-corrected chi connectivity index (χ1v) is 5.78. The number of ether oxygens (including phenoxy) is 1. The topological polar surface area (TPSA) is 35.2 Å². The highest BCUT2D eigenvalue weighted by Gasteiger charge is 2.31. The zero-order valence-electron chi connectivity index (χ0n) is 10.3. The molecule has 0 aliphatic heterocycles. The molecule has 0 saturated heterocycles. The Morgan fingerprint density at radius 1 is 1.31 bits per heavy atom. The van der Waals surface area contributed by atoms with Gasteiger partial charge in [-0.25, -0.2) is 0 Å². The summed E-state index contributed by atoms with van der Waals surface area (Å²) in [7, 11) is 1.69. The quantitative estimate of drug-likeness (QED) is 0.880. The first kappa shape index (κ1) is 13.5. The normalized spacial score (nSPS) is 15.9. The number of benzene rings is 1. The van der Waals surface area contributed by atoms with Crippen molar-refractivity contribution in [2.45, 2.75) is 32.9 Å². The van der Waals surface area contributed by atoms with Gasteiger partial charge in [-0.3, -0.25) is 0 Å². The summed E-state index contributed by atoms with van der Waals surface area (Å²) in [5, 5.41) is 0.705. The lowest BCUT2D eigenvalue weighted by molar-refractivity contribution is -0.00243. The Morgan fingerprint density at radius 3 is 2.38 bits per heavy atom. The van der Waals surface area contributed by atoms with E-state index in [2.05, 4.69) is 20.8 Å². The van der Waals surface area contributed by atoms with Crippen molar-refractivity contribution in [1.29, 1.82) is 0 Å². The van der Waals surface area contributed by atoms with Crippen LogP contribution in [0.2, 0.25) is 5.02 Å². The fourth-order valence-electron chi connectivity index (χ4n) is 1.93. The zero-order valence-corrected chi connectivity index (χ0v) is 11.1. The van der Waals surface area contributed by atoms with Gasteiger partial charge in [-0.15, -0.1) is 0 Å². The Bertz CT molecular complexity index is 346. The van der Waals surface area contributed by atoms with E-state index in [0.717, 1.165) is 5.56 Å². The predicted molar refractivity (Wildman–Crippen MR) is 68.6 cm³/mol. The van der Waals surface area contributed by atoms with Gasteiger partial charge in [-0.1, -0.05) is 44.5 Å². The van der Waals surface area contributed by atoms with Crippen LogP contribution in [0.15, 0.2) is 24.3 Å². The van der Waals surface area contributed by atoms with Gasteiger partial charge in [0, 0.05) is 12.1 Å². The minimum atomic E-state index is -0.163. The second-order valence-corrected chi connectivity index (χ2v) is 5.54. The summed E-state index contributed by atoms with van der Waals surface area (Å²) >= 11 is 5.95. The molecule has 1 aromatic rings. The van der Waals surface area contributed by atoms with Gasteiger partial charge in [0.2, 0.25) is 0 Å². The van der Waals surface area contributed by atoms with Crippen molar-refractivity contribution >= 4 is 11.6 Å². The van der Waals surface area contributed by atoms with Gasteiger partial charge < -0.3 is 10.5 Å². The van der Waals surface area contributed by atoms with Crippen LogP contribution in [0.3, 0.4) is 0 Å². The second-order valence-electron chi connectivity index (χ2n) is 5.10. The molecule has 2 nitrogen and oxygen atoms in total. The highest BCUT2D eigenvalue weighted by Crippen LogP contribution is 2.31. The van der Waals surface area contributed by atoms with Gasteiger partial charge in [-0.05, 0) is 23.1 Å². The molecule has 16 heavy (non-hydrogen) atoms. The average Bonchev–Trinajstić information content (AvgIpc) is 2.16. The van der Waals surface area contributed by atoms with Crippen molar-refractivity contribution < 1.29 is 4.74 Å². The number of methoxy groups -OCH3 is 1. The van der Waals surface area contributed by atoms with Crippen LogP contribution in [-0.2, 0) is 4.74 Å². The standard InChI is InChI=1S/C13H20ClNO/c1-13(2,3)12(16-4)11(15)9-6-5-7-10(14)8-9/h5-8,11-12H,15H2,1-4H3. The lowest BCUT2D eigenvalue weighted by atomic mass is 9.82. The predicted octanol–water partition coefficient (Wildman–Crippen LogP) is 3.40. The molecule has 0 aromatic heterocycles. The van der Waals surface area contributed by atoms with Crippen LogP contribution in [0.5, 0.6) is 0 Å². The summed E-state index contributed by atoms with van der Waals surface area (Å²) in [5.74, 6) is 0. The second kappa shape index (κ2) is 5.17. The number of rotatable bonds is 3. The summed E-state index contributed by atoms with van der Waals surface area (Å²) in [6.07, 6.45) is -0.0361. The number of nitrogens with two attached hydrogens (primary N) is 1. The van der Waals surface area contributed by atoms with Crippen LogP contribution in [0, 0.1) is 5.41 Å². The molecule has 2 unspecified atom stereocenters. The van der Waals surface area contributed by atoms with E-state index in [9.17, 15) is 0 Å². The van der Waals surface area contributed by atoms with Gasteiger partial charge in [0.25, 0.3) is 0 Å². The van der Waals surface area contributed by atoms with Gasteiger partial charge in [0.1, 0.15) is 0 Å². The fraction of sp³-hybridized carbons (Fsp3) is 0.538. The average molecular weight is 242 g/mol. The van der Waals surface area contributed by atoms with E-state index in [0.29, 0.717) is 5.02 Å². The SMILES string of the molecule is COC(C(N)c1cccc(Cl)c1)C(C)(C)C. The minimum absolute atomic E-state index is 0.00349. The molecule has 2 N–H and O–H groups in total. The minimum Gasteiger partial charge on any atom is -0.379 e. The maximum Gasteiger partial charge on any atom is 0.0811 e. The largest absolute Gasteiger partial charge is 0.379 e. The third-order valence-electron chi connectivity index (χ3n) is 2.67. The Labute approximate surface area is 103 Å². The summed E-state index contributed by atoms with van der Waals surface area (Å²) in [6, 6.07) is 7.46. The first-order valence-electron chi connectivity index (χ1n) is 5.40. The van der Waals surface area contributed by atoms with E-state index in [1.165, 1.54) is 0 Å². The Kier molecular flexibility index (Phi) is 4.36. The lowest BCUT2D eigenvalue weighted by Crippen LogP contribution is -2.38. The van der Waals surface area contributed by atoms with E-state index in [-0.39, 0.29) is 17.6 Å². The molecule has 1 rings (SSSR count). The summed E-state index contributed by atoms with van der Waals surface area (Å²) in [6.45, 7) is 6.35. The summed E-state index contributed by atoms with van der Waals surface area (Å²) < 4.78 is 5.50. The molecule has 0 aliphatic carbocycles. The van der Waals surface area contributed by atoms with E-state index in [4.69, 9.17) is 22.1 Å². The third-order valence-corrected chi connectivity index (χ3v) is 2.90. The molecule has 0 bridgehead atoms. The fourth-order valence-corrected chi connectivity index (χ4v) is 2.13. The van der Waals surface area contributed by atoms with E-state index in [1.54, 1.807) is 7.11 Å². The zero-order chi connectivity index (χ0) is 12.3. The van der Waals surface area contributed by atoms with Crippen molar-refractivity contribution in [3.63, 3.8) is 0 Å². The molecule has 0 radical (unpaired) electrons. The van der Waals surface area contributed by atoms with Crippen molar-refractivity contribution in [1.82, 2.24) is 0 Å². The van der Waals surface area contributed by atoms with Crippen molar-refractivity contribution in [3.8, 4) is 0 Å².